The first-order valence-corrected chi connectivity index (χ1v) is 6.54. The number of aliphatic hydroxyl groups is 1. The van der Waals surface area contributed by atoms with E-state index in [4.69, 9.17) is 16.3 Å². The van der Waals surface area contributed by atoms with Crippen LogP contribution in [0.15, 0.2) is 30.5 Å². The molecule has 102 valence electrons. The molecule has 1 heterocycles. The molecule has 0 saturated carbocycles. The van der Waals surface area contributed by atoms with Crippen LogP contribution in [0.3, 0.4) is 0 Å². The van der Waals surface area contributed by atoms with E-state index in [-0.39, 0.29) is 0 Å². The lowest BCUT2D eigenvalue weighted by Gasteiger charge is -2.07. The minimum Gasteiger partial charge on any atom is -0.490 e. The first-order chi connectivity index (χ1) is 9.20. The summed E-state index contributed by atoms with van der Waals surface area (Å²) in [5, 5.41) is 18.0. The van der Waals surface area contributed by atoms with Crippen LogP contribution in [0.25, 0.3) is 0 Å². The average Bonchev–Trinajstić information content (AvgIpc) is 2.89. The fourth-order valence-corrected chi connectivity index (χ4v) is 1.79. The molecule has 0 fully saturated rings. The van der Waals surface area contributed by atoms with Gasteiger partial charge in [-0.2, -0.15) is 0 Å². The Hall–Kier alpha value is -1.59. The summed E-state index contributed by atoms with van der Waals surface area (Å²) in [6.45, 7) is 2.88. The molecule has 0 radical (unpaired) electrons. The van der Waals surface area contributed by atoms with Gasteiger partial charge in [-0.3, -0.25) is 0 Å². The van der Waals surface area contributed by atoms with E-state index in [1.165, 1.54) is 0 Å². The normalized spacial score (nSPS) is 12.4. The van der Waals surface area contributed by atoms with Crippen molar-refractivity contribution in [2.75, 3.05) is 6.61 Å². The maximum absolute atomic E-state index is 9.62. The molecule has 0 amide bonds. The average molecular weight is 282 g/mol. The van der Waals surface area contributed by atoms with Crippen LogP contribution in [-0.2, 0) is 6.54 Å². The number of halogens is 1. The SMILES string of the molecule is CCC(O)c1cn(CCOc2ccccc2Cl)nn1. The number of rotatable bonds is 6. The molecule has 0 aliphatic carbocycles. The molecule has 2 rings (SSSR count). The van der Waals surface area contributed by atoms with Crippen molar-refractivity contribution in [1.29, 1.82) is 0 Å². The summed E-state index contributed by atoms with van der Waals surface area (Å²) < 4.78 is 7.20. The molecule has 1 unspecified atom stereocenters. The van der Waals surface area contributed by atoms with Gasteiger partial charge in [0.15, 0.2) is 0 Å². The quantitative estimate of drug-likeness (QED) is 0.883. The second kappa shape index (κ2) is 6.54. The fourth-order valence-electron chi connectivity index (χ4n) is 1.60. The van der Waals surface area contributed by atoms with Crippen molar-refractivity contribution in [1.82, 2.24) is 15.0 Å². The van der Waals surface area contributed by atoms with Gasteiger partial charge in [-0.1, -0.05) is 35.9 Å². The number of benzene rings is 1. The van der Waals surface area contributed by atoms with Gasteiger partial charge in [-0.15, -0.1) is 5.10 Å². The van der Waals surface area contributed by atoms with E-state index in [0.717, 1.165) is 0 Å². The van der Waals surface area contributed by atoms with Crippen LogP contribution in [0.2, 0.25) is 5.02 Å². The third kappa shape index (κ3) is 3.68. The van der Waals surface area contributed by atoms with E-state index in [0.29, 0.717) is 36.0 Å². The molecule has 1 N–H and O–H groups in total. The lowest BCUT2D eigenvalue weighted by molar-refractivity contribution is 0.168. The number of aliphatic hydroxyl groups excluding tert-OH is 1. The predicted molar refractivity (Wildman–Crippen MR) is 72.2 cm³/mol. The number of nitrogens with zero attached hydrogens (tertiary/aromatic N) is 3. The maximum atomic E-state index is 9.62. The van der Waals surface area contributed by atoms with Crippen molar-refractivity contribution < 1.29 is 9.84 Å². The van der Waals surface area contributed by atoms with Crippen LogP contribution >= 0.6 is 11.6 Å². The molecule has 6 heteroatoms. The van der Waals surface area contributed by atoms with Crippen LogP contribution in [0.1, 0.15) is 25.1 Å². The highest BCUT2D eigenvalue weighted by molar-refractivity contribution is 6.32. The van der Waals surface area contributed by atoms with E-state index in [1.54, 1.807) is 16.9 Å². The molecule has 2 aromatic rings. The first-order valence-electron chi connectivity index (χ1n) is 6.16. The van der Waals surface area contributed by atoms with Gasteiger partial charge in [-0.25, -0.2) is 4.68 Å². The number of para-hydroxylation sites is 1. The lowest BCUT2D eigenvalue weighted by Crippen LogP contribution is -2.09. The highest BCUT2D eigenvalue weighted by Crippen LogP contribution is 2.22. The van der Waals surface area contributed by atoms with E-state index in [9.17, 15) is 5.11 Å². The van der Waals surface area contributed by atoms with E-state index in [2.05, 4.69) is 10.3 Å². The van der Waals surface area contributed by atoms with Crippen LogP contribution in [0.4, 0.5) is 0 Å². The molecule has 0 saturated heterocycles. The lowest BCUT2D eigenvalue weighted by atomic mass is 10.2. The van der Waals surface area contributed by atoms with Crippen molar-refractivity contribution in [3.63, 3.8) is 0 Å². The second-order valence-electron chi connectivity index (χ2n) is 4.11. The summed E-state index contributed by atoms with van der Waals surface area (Å²) in [5.74, 6) is 0.651. The molecule has 0 spiro atoms. The molecule has 5 nitrogen and oxygen atoms in total. The Kier molecular flexibility index (Phi) is 4.76. The van der Waals surface area contributed by atoms with Gasteiger partial charge in [0.05, 0.1) is 23.9 Å². The number of hydrogen-bond acceptors (Lipinski definition) is 4. The predicted octanol–water partition coefficient (Wildman–Crippen LogP) is 2.45. The third-order valence-corrected chi connectivity index (χ3v) is 3.01. The van der Waals surface area contributed by atoms with E-state index >= 15 is 0 Å². The molecule has 1 aromatic heterocycles. The summed E-state index contributed by atoms with van der Waals surface area (Å²) in [6.07, 6.45) is 1.79. The van der Waals surface area contributed by atoms with Crippen molar-refractivity contribution in [2.24, 2.45) is 0 Å². The Morgan fingerprint density at radius 1 is 1.42 bits per heavy atom. The van der Waals surface area contributed by atoms with Gasteiger partial charge >= 0.3 is 0 Å². The summed E-state index contributed by atoms with van der Waals surface area (Å²) in [6, 6.07) is 7.31. The number of hydrogen-bond donors (Lipinski definition) is 1. The smallest absolute Gasteiger partial charge is 0.137 e. The van der Waals surface area contributed by atoms with Crippen molar-refractivity contribution >= 4 is 11.6 Å². The molecule has 19 heavy (non-hydrogen) atoms. The minimum atomic E-state index is -0.557. The highest BCUT2D eigenvalue weighted by Gasteiger charge is 2.09. The maximum Gasteiger partial charge on any atom is 0.137 e. The van der Waals surface area contributed by atoms with Crippen molar-refractivity contribution in [3.05, 3.63) is 41.2 Å². The van der Waals surface area contributed by atoms with Crippen LogP contribution < -0.4 is 4.74 Å². The van der Waals surface area contributed by atoms with Gasteiger partial charge in [0.2, 0.25) is 0 Å². The fraction of sp³-hybridized carbons (Fsp3) is 0.385. The Bertz CT molecular complexity index is 530. The Balaban J connectivity index is 1.86. The van der Waals surface area contributed by atoms with Crippen LogP contribution in [0, 0.1) is 0 Å². The summed E-state index contributed by atoms with van der Waals surface area (Å²) >= 11 is 5.98. The molecule has 1 aromatic carbocycles. The number of aromatic nitrogens is 3. The van der Waals surface area contributed by atoms with Crippen molar-refractivity contribution in [2.45, 2.75) is 26.0 Å². The molecule has 1 atom stereocenters. The zero-order chi connectivity index (χ0) is 13.7. The van der Waals surface area contributed by atoms with Crippen LogP contribution in [-0.4, -0.2) is 26.7 Å². The minimum absolute atomic E-state index is 0.439. The van der Waals surface area contributed by atoms with Gasteiger partial charge in [-0.05, 0) is 18.6 Å². The second-order valence-corrected chi connectivity index (χ2v) is 4.52. The molecular weight excluding hydrogens is 266 g/mol. The van der Waals surface area contributed by atoms with E-state index < -0.39 is 6.10 Å². The first kappa shape index (κ1) is 13.8. The third-order valence-electron chi connectivity index (χ3n) is 2.70. The zero-order valence-electron chi connectivity index (χ0n) is 10.7. The van der Waals surface area contributed by atoms with E-state index in [1.807, 2.05) is 25.1 Å². The zero-order valence-corrected chi connectivity index (χ0v) is 11.4. The standard InChI is InChI=1S/C13H16ClN3O2/c1-2-12(18)11-9-17(16-15-11)7-8-19-13-6-4-3-5-10(13)14/h3-6,9,12,18H,2,7-8H2,1H3. The molecule has 0 aliphatic rings. The summed E-state index contributed by atoms with van der Waals surface area (Å²) in [5.41, 5.74) is 0.584. The molecule has 0 bridgehead atoms. The summed E-state index contributed by atoms with van der Waals surface area (Å²) in [7, 11) is 0. The van der Waals surface area contributed by atoms with Crippen molar-refractivity contribution in [3.8, 4) is 5.75 Å². The van der Waals surface area contributed by atoms with Gasteiger partial charge < -0.3 is 9.84 Å². The Labute approximate surface area is 116 Å². The molecule has 0 aliphatic heterocycles. The largest absolute Gasteiger partial charge is 0.490 e. The van der Waals surface area contributed by atoms with Crippen LogP contribution in [0.5, 0.6) is 5.75 Å². The number of ether oxygens (including phenoxy) is 1. The highest BCUT2D eigenvalue weighted by atomic mass is 35.5. The topological polar surface area (TPSA) is 60.2 Å². The van der Waals surface area contributed by atoms with Gasteiger partial charge in [0.25, 0.3) is 0 Å². The van der Waals surface area contributed by atoms with Gasteiger partial charge in [0, 0.05) is 0 Å². The molecular formula is C13H16ClN3O2. The Morgan fingerprint density at radius 3 is 2.95 bits per heavy atom. The summed E-state index contributed by atoms with van der Waals surface area (Å²) in [4.78, 5) is 0. The van der Waals surface area contributed by atoms with Gasteiger partial charge in [0.1, 0.15) is 18.1 Å². The monoisotopic (exact) mass is 281 g/mol. The Morgan fingerprint density at radius 2 is 2.21 bits per heavy atom.